The Bertz CT molecular complexity index is 698. The third-order valence-corrected chi connectivity index (χ3v) is 3.75. The van der Waals surface area contributed by atoms with Gasteiger partial charge in [0.2, 0.25) is 5.91 Å². The van der Waals surface area contributed by atoms with Crippen LogP contribution in [0.15, 0.2) is 42.7 Å². The van der Waals surface area contributed by atoms with E-state index in [1.807, 2.05) is 30.3 Å². The van der Waals surface area contributed by atoms with Crippen molar-refractivity contribution in [2.45, 2.75) is 12.5 Å². The Labute approximate surface area is 133 Å². The van der Waals surface area contributed by atoms with Crippen LogP contribution in [0.3, 0.4) is 0 Å². The summed E-state index contributed by atoms with van der Waals surface area (Å²) in [4.78, 5) is 25.0. The van der Waals surface area contributed by atoms with Gasteiger partial charge < -0.3 is 14.7 Å². The number of carbonyl (C=O) groups is 2. The normalized spacial score (nSPS) is 17.9. The zero-order valence-electron chi connectivity index (χ0n) is 12.5. The Kier molecular flexibility index (Phi) is 4.38. The molecule has 1 fully saturated rings. The van der Waals surface area contributed by atoms with E-state index in [4.69, 9.17) is 4.74 Å². The average molecular weight is 315 g/mol. The number of nitrogens with zero attached hydrogens (tertiary/aromatic N) is 3. The molecule has 1 atom stereocenters. The van der Waals surface area contributed by atoms with Crippen molar-refractivity contribution in [3.8, 4) is 5.69 Å². The number of ether oxygens (including phenoxy) is 1. The summed E-state index contributed by atoms with van der Waals surface area (Å²) in [5.74, 6) is -1.27. The average Bonchev–Trinajstić information content (AvgIpc) is 3.04. The summed E-state index contributed by atoms with van der Waals surface area (Å²) in [6.45, 7) is 0.686. The lowest BCUT2D eigenvalue weighted by Gasteiger charge is -2.32. The number of carboxylic acid groups (broad SMARTS) is 1. The third-order valence-electron chi connectivity index (χ3n) is 3.75. The van der Waals surface area contributed by atoms with E-state index in [1.54, 1.807) is 17.1 Å². The zero-order valence-corrected chi connectivity index (χ0v) is 12.5. The molecule has 0 spiro atoms. The van der Waals surface area contributed by atoms with Gasteiger partial charge in [0.05, 0.1) is 31.5 Å². The fourth-order valence-electron chi connectivity index (χ4n) is 2.56. The number of benzene rings is 1. The van der Waals surface area contributed by atoms with Gasteiger partial charge >= 0.3 is 5.97 Å². The summed E-state index contributed by atoms with van der Waals surface area (Å²) in [6.07, 6.45) is 3.53. The van der Waals surface area contributed by atoms with Crippen molar-refractivity contribution in [3.63, 3.8) is 0 Å². The van der Waals surface area contributed by atoms with Crippen molar-refractivity contribution in [2.75, 3.05) is 19.8 Å². The largest absolute Gasteiger partial charge is 0.480 e. The SMILES string of the molecule is O=C(O)C1COCCN1C(=O)Cc1cnn(-c2ccccc2)c1. The number of aromatic nitrogens is 2. The number of carboxylic acids is 1. The molecular weight excluding hydrogens is 298 g/mol. The quantitative estimate of drug-likeness (QED) is 0.899. The van der Waals surface area contributed by atoms with E-state index in [1.165, 1.54) is 4.90 Å². The first-order valence-electron chi connectivity index (χ1n) is 7.34. The molecule has 0 aliphatic carbocycles. The second-order valence-electron chi connectivity index (χ2n) is 5.32. The minimum absolute atomic E-state index is 0.0321. The molecule has 1 N–H and O–H groups in total. The van der Waals surface area contributed by atoms with E-state index in [9.17, 15) is 14.7 Å². The van der Waals surface area contributed by atoms with Crippen LogP contribution in [0.5, 0.6) is 0 Å². The highest BCUT2D eigenvalue weighted by Gasteiger charge is 2.32. The van der Waals surface area contributed by atoms with Gasteiger partial charge in [0.15, 0.2) is 6.04 Å². The molecule has 0 radical (unpaired) electrons. The van der Waals surface area contributed by atoms with Gasteiger partial charge in [0.25, 0.3) is 0 Å². The number of carbonyl (C=O) groups excluding carboxylic acids is 1. The molecule has 7 heteroatoms. The predicted octanol–water partition coefficient (Wildman–Crippen LogP) is 0.727. The van der Waals surface area contributed by atoms with Gasteiger partial charge in [-0.3, -0.25) is 4.79 Å². The summed E-state index contributed by atoms with van der Waals surface area (Å²) in [5, 5.41) is 13.4. The lowest BCUT2D eigenvalue weighted by molar-refractivity contribution is -0.158. The van der Waals surface area contributed by atoms with Crippen LogP contribution in [0, 0.1) is 0 Å². The van der Waals surface area contributed by atoms with E-state index in [2.05, 4.69) is 5.10 Å². The van der Waals surface area contributed by atoms with Crippen molar-refractivity contribution in [3.05, 3.63) is 48.3 Å². The van der Waals surface area contributed by atoms with Crippen molar-refractivity contribution in [1.82, 2.24) is 14.7 Å². The van der Waals surface area contributed by atoms with Crippen molar-refractivity contribution in [1.29, 1.82) is 0 Å². The molecule has 1 unspecified atom stereocenters. The van der Waals surface area contributed by atoms with Gasteiger partial charge in [0, 0.05) is 12.7 Å². The molecule has 2 heterocycles. The maximum Gasteiger partial charge on any atom is 0.328 e. The van der Waals surface area contributed by atoms with Gasteiger partial charge in [-0.25, -0.2) is 9.48 Å². The van der Waals surface area contributed by atoms with Crippen LogP contribution in [-0.4, -0.2) is 57.5 Å². The van der Waals surface area contributed by atoms with Crippen LogP contribution >= 0.6 is 0 Å². The summed E-state index contributed by atoms with van der Waals surface area (Å²) in [5.41, 5.74) is 1.65. The topological polar surface area (TPSA) is 84.7 Å². The van der Waals surface area contributed by atoms with Crippen molar-refractivity contribution < 1.29 is 19.4 Å². The second kappa shape index (κ2) is 6.62. The van der Waals surface area contributed by atoms with Gasteiger partial charge in [-0.2, -0.15) is 5.10 Å². The standard InChI is InChI=1S/C16H17N3O4/c20-15(18-6-7-23-11-14(18)16(21)22)8-12-9-17-19(10-12)13-4-2-1-3-5-13/h1-5,9-10,14H,6-8,11H2,(H,21,22). The molecule has 0 saturated carbocycles. The van der Waals surface area contributed by atoms with Crippen LogP contribution in [0.2, 0.25) is 0 Å². The first kappa shape index (κ1) is 15.2. The third kappa shape index (κ3) is 3.40. The molecule has 1 aliphatic heterocycles. The highest BCUT2D eigenvalue weighted by molar-refractivity contribution is 5.85. The minimum Gasteiger partial charge on any atom is -0.480 e. The van der Waals surface area contributed by atoms with Crippen molar-refractivity contribution >= 4 is 11.9 Å². The molecule has 2 aromatic rings. The number of morpholine rings is 1. The van der Waals surface area contributed by atoms with E-state index in [-0.39, 0.29) is 18.9 Å². The van der Waals surface area contributed by atoms with E-state index in [0.717, 1.165) is 11.3 Å². The Balaban J connectivity index is 1.70. The fraction of sp³-hybridized carbons (Fsp3) is 0.312. The monoisotopic (exact) mass is 315 g/mol. The summed E-state index contributed by atoms with van der Waals surface area (Å²) in [7, 11) is 0. The summed E-state index contributed by atoms with van der Waals surface area (Å²) < 4.78 is 6.84. The van der Waals surface area contributed by atoms with Crippen molar-refractivity contribution in [2.24, 2.45) is 0 Å². The Morgan fingerprint density at radius 2 is 2.09 bits per heavy atom. The van der Waals surface area contributed by atoms with E-state index >= 15 is 0 Å². The Morgan fingerprint density at radius 3 is 2.83 bits per heavy atom. The Morgan fingerprint density at radius 1 is 1.30 bits per heavy atom. The lowest BCUT2D eigenvalue weighted by Crippen LogP contribution is -2.53. The van der Waals surface area contributed by atoms with Gasteiger partial charge in [-0.1, -0.05) is 18.2 Å². The van der Waals surface area contributed by atoms with E-state index < -0.39 is 12.0 Å². The van der Waals surface area contributed by atoms with Crippen LogP contribution in [0.4, 0.5) is 0 Å². The predicted molar refractivity (Wildman–Crippen MR) is 81.2 cm³/mol. The highest BCUT2D eigenvalue weighted by atomic mass is 16.5. The molecule has 1 aromatic heterocycles. The number of hydrogen-bond donors (Lipinski definition) is 1. The van der Waals surface area contributed by atoms with Gasteiger partial charge in [-0.05, 0) is 17.7 Å². The first-order valence-corrected chi connectivity index (χ1v) is 7.34. The number of hydrogen-bond acceptors (Lipinski definition) is 4. The molecule has 3 rings (SSSR count). The maximum absolute atomic E-state index is 12.4. The summed E-state index contributed by atoms with van der Waals surface area (Å²) >= 11 is 0. The van der Waals surface area contributed by atoms with Gasteiger partial charge in [0.1, 0.15) is 0 Å². The smallest absolute Gasteiger partial charge is 0.328 e. The molecule has 1 amide bonds. The van der Waals surface area contributed by atoms with Crippen LogP contribution in [0.25, 0.3) is 5.69 Å². The second-order valence-corrected chi connectivity index (χ2v) is 5.32. The van der Waals surface area contributed by atoms with E-state index in [0.29, 0.717) is 13.2 Å². The van der Waals surface area contributed by atoms with Gasteiger partial charge in [-0.15, -0.1) is 0 Å². The molecule has 7 nitrogen and oxygen atoms in total. The number of para-hydroxylation sites is 1. The highest BCUT2D eigenvalue weighted by Crippen LogP contribution is 2.12. The first-order chi connectivity index (χ1) is 11.1. The van der Waals surface area contributed by atoms with Crippen LogP contribution in [-0.2, 0) is 20.7 Å². The molecule has 120 valence electrons. The van der Waals surface area contributed by atoms with Crippen LogP contribution < -0.4 is 0 Å². The molecule has 1 aliphatic rings. The molecule has 1 saturated heterocycles. The number of aliphatic carboxylic acids is 1. The fourth-order valence-corrected chi connectivity index (χ4v) is 2.56. The summed E-state index contributed by atoms with van der Waals surface area (Å²) in [6, 6.07) is 8.66. The molecule has 1 aromatic carbocycles. The molecular formula is C16H17N3O4. The molecule has 0 bridgehead atoms. The Hall–Kier alpha value is -2.67. The zero-order chi connectivity index (χ0) is 16.2. The minimum atomic E-state index is -1.04. The lowest BCUT2D eigenvalue weighted by atomic mass is 10.1. The number of amides is 1. The van der Waals surface area contributed by atoms with Crippen LogP contribution in [0.1, 0.15) is 5.56 Å². The maximum atomic E-state index is 12.4. The number of rotatable bonds is 4. The molecule has 23 heavy (non-hydrogen) atoms.